The van der Waals surface area contributed by atoms with E-state index < -0.39 is 17.6 Å². The maximum absolute atomic E-state index is 10.8. The van der Waals surface area contributed by atoms with E-state index in [0.29, 0.717) is 12.8 Å². The second-order valence-electron chi connectivity index (χ2n) is 3.00. The van der Waals surface area contributed by atoms with Crippen molar-refractivity contribution in [1.29, 1.82) is 0 Å². The summed E-state index contributed by atoms with van der Waals surface area (Å²) >= 11 is 0. The molecule has 0 radical (unpaired) electrons. The quantitative estimate of drug-likeness (QED) is 0.691. The topological polar surface area (TPSA) is 75.6 Å². The van der Waals surface area contributed by atoms with Gasteiger partial charge in [-0.25, -0.2) is 9.59 Å². The van der Waals surface area contributed by atoms with Crippen LogP contribution in [0.25, 0.3) is 0 Å². The molecule has 0 aliphatic heterocycles. The lowest BCUT2D eigenvalue weighted by molar-refractivity contribution is -0.144. The molecule has 76 valence electrons. The maximum Gasteiger partial charge on any atom is 0.407 e. The SMILES string of the molecule is CCCC(C)(NC(=O)OC)C(=O)O. The van der Waals surface area contributed by atoms with Crippen molar-refractivity contribution in [1.82, 2.24) is 5.32 Å². The second kappa shape index (κ2) is 4.69. The van der Waals surface area contributed by atoms with Gasteiger partial charge in [0.1, 0.15) is 5.54 Å². The van der Waals surface area contributed by atoms with Crippen molar-refractivity contribution < 1.29 is 19.4 Å². The van der Waals surface area contributed by atoms with E-state index in [1.807, 2.05) is 6.92 Å². The minimum atomic E-state index is -1.23. The molecule has 0 saturated heterocycles. The molecule has 1 unspecified atom stereocenters. The van der Waals surface area contributed by atoms with Gasteiger partial charge in [0.25, 0.3) is 0 Å². The third-order valence-corrected chi connectivity index (χ3v) is 1.79. The number of carboxylic acids is 1. The fourth-order valence-corrected chi connectivity index (χ4v) is 0.999. The van der Waals surface area contributed by atoms with Crippen molar-refractivity contribution in [3.8, 4) is 0 Å². The number of hydrogen-bond donors (Lipinski definition) is 2. The molecule has 0 rings (SSSR count). The molecule has 5 nitrogen and oxygen atoms in total. The van der Waals surface area contributed by atoms with Gasteiger partial charge in [-0.05, 0) is 13.3 Å². The maximum atomic E-state index is 10.8. The monoisotopic (exact) mass is 189 g/mol. The molecule has 2 N–H and O–H groups in total. The lowest BCUT2D eigenvalue weighted by atomic mass is 9.97. The molecule has 0 saturated carbocycles. The lowest BCUT2D eigenvalue weighted by Gasteiger charge is -2.24. The van der Waals surface area contributed by atoms with Gasteiger partial charge in [-0.3, -0.25) is 0 Å². The fraction of sp³-hybridized carbons (Fsp3) is 0.750. The zero-order chi connectivity index (χ0) is 10.5. The van der Waals surface area contributed by atoms with Crippen LogP contribution in [0.2, 0.25) is 0 Å². The van der Waals surface area contributed by atoms with E-state index in [9.17, 15) is 9.59 Å². The van der Waals surface area contributed by atoms with E-state index in [4.69, 9.17) is 5.11 Å². The molecule has 0 bridgehead atoms. The smallest absolute Gasteiger partial charge is 0.407 e. The van der Waals surface area contributed by atoms with Crippen molar-refractivity contribution >= 4 is 12.1 Å². The number of carboxylic acid groups (broad SMARTS) is 1. The Labute approximate surface area is 77.1 Å². The number of rotatable bonds is 4. The molecule has 1 amide bonds. The van der Waals surface area contributed by atoms with Crippen LogP contribution in [0, 0.1) is 0 Å². The predicted octanol–water partition coefficient (Wildman–Crippen LogP) is 0.986. The first-order valence-electron chi connectivity index (χ1n) is 4.05. The summed E-state index contributed by atoms with van der Waals surface area (Å²) in [4.78, 5) is 21.6. The van der Waals surface area contributed by atoms with Gasteiger partial charge < -0.3 is 15.2 Å². The molecule has 0 aliphatic carbocycles. The molecule has 13 heavy (non-hydrogen) atoms. The van der Waals surface area contributed by atoms with Gasteiger partial charge >= 0.3 is 12.1 Å². The van der Waals surface area contributed by atoms with Crippen molar-refractivity contribution in [3.05, 3.63) is 0 Å². The second-order valence-corrected chi connectivity index (χ2v) is 3.00. The highest BCUT2D eigenvalue weighted by Crippen LogP contribution is 2.12. The molecule has 0 aromatic carbocycles. The Bertz CT molecular complexity index is 204. The van der Waals surface area contributed by atoms with Gasteiger partial charge in [0.05, 0.1) is 7.11 Å². The van der Waals surface area contributed by atoms with Crippen molar-refractivity contribution in [2.75, 3.05) is 7.11 Å². The van der Waals surface area contributed by atoms with Crippen molar-refractivity contribution in [2.45, 2.75) is 32.2 Å². The minimum Gasteiger partial charge on any atom is -0.480 e. The third kappa shape index (κ3) is 3.31. The molecule has 5 heteroatoms. The molecular weight excluding hydrogens is 174 g/mol. The van der Waals surface area contributed by atoms with Gasteiger partial charge in [0, 0.05) is 0 Å². The first-order chi connectivity index (χ1) is 5.96. The van der Waals surface area contributed by atoms with E-state index in [1.165, 1.54) is 14.0 Å². The van der Waals surface area contributed by atoms with Crippen molar-refractivity contribution in [3.63, 3.8) is 0 Å². The van der Waals surface area contributed by atoms with Crippen LogP contribution < -0.4 is 5.32 Å². The Morgan fingerprint density at radius 2 is 2.08 bits per heavy atom. The summed E-state index contributed by atoms with van der Waals surface area (Å²) in [5.41, 5.74) is -1.23. The van der Waals surface area contributed by atoms with E-state index in [1.54, 1.807) is 0 Å². The molecule has 0 aliphatic rings. The molecule has 0 spiro atoms. The summed E-state index contributed by atoms with van der Waals surface area (Å²) in [6, 6.07) is 0. The zero-order valence-electron chi connectivity index (χ0n) is 8.09. The highest BCUT2D eigenvalue weighted by Gasteiger charge is 2.34. The Hall–Kier alpha value is -1.26. The standard InChI is InChI=1S/C8H15NO4/c1-4-5-8(2,6(10)11)9-7(12)13-3/h4-5H2,1-3H3,(H,9,12)(H,10,11). The summed E-state index contributed by atoms with van der Waals surface area (Å²) < 4.78 is 4.33. The van der Waals surface area contributed by atoms with E-state index in [0.717, 1.165) is 0 Å². The highest BCUT2D eigenvalue weighted by molar-refractivity contribution is 5.83. The van der Waals surface area contributed by atoms with Gasteiger partial charge in [-0.2, -0.15) is 0 Å². The summed E-state index contributed by atoms with van der Waals surface area (Å²) in [6.45, 7) is 3.30. The van der Waals surface area contributed by atoms with Crippen molar-refractivity contribution in [2.24, 2.45) is 0 Å². The number of alkyl carbamates (subject to hydrolysis) is 1. The number of ether oxygens (including phenoxy) is 1. The van der Waals surface area contributed by atoms with Crippen LogP contribution in [0.1, 0.15) is 26.7 Å². The number of carbonyl (C=O) groups is 2. The van der Waals surface area contributed by atoms with E-state index in [-0.39, 0.29) is 0 Å². The Morgan fingerprint density at radius 3 is 2.38 bits per heavy atom. The summed E-state index contributed by atoms with van der Waals surface area (Å²) in [5.74, 6) is -1.06. The largest absolute Gasteiger partial charge is 0.480 e. The number of nitrogens with one attached hydrogen (secondary N) is 1. The Balaban J connectivity index is 4.41. The normalized spacial score (nSPS) is 14.4. The fourth-order valence-electron chi connectivity index (χ4n) is 0.999. The van der Waals surface area contributed by atoms with E-state index >= 15 is 0 Å². The first-order valence-corrected chi connectivity index (χ1v) is 4.05. The number of amides is 1. The average molecular weight is 189 g/mol. The molecule has 0 aromatic rings. The van der Waals surface area contributed by atoms with Gasteiger partial charge in [0.15, 0.2) is 0 Å². The Morgan fingerprint density at radius 1 is 1.54 bits per heavy atom. The molecule has 0 heterocycles. The summed E-state index contributed by atoms with van der Waals surface area (Å²) in [7, 11) is 1.20. The van der Waals surface area contributed by atoms with Crippen LogP contribution in [-0.4, -0.2) is 29.8 Å². The third-order valence-electron chi connectivity index (χ3n) is 1.79. The molecule has 0 fully saturated rings. The van der Waals surface area contributed by atoms with E-state index in [2.05, 4.69) is 10.1 Å². The lowest BCUT2D eigenvalue weighted by Crippen LogP contribution is -2.52. The summed E-state index contributed by atoms with van der Waals surface area (Å²) in [5, 5.41) is 11.1. The Kier molecular flexibility index (Phi) is 4.23. The number of carbonyl (C=O) groups excluding carboxylic acids is 1. The van der Waals surface area contributed by atoms with Gasteiger partial charge in [-0.1, -0.05) is 13.3 Å². The first kappa shape index (κ1) is 11.7. The number of aliphatic carboxylic acids is 1. The van der Waals surface area contributed by atoms with Crippen LogP contribution >= 0.6 is 0 Å². The predicted molar refractivity (Wildman–Crippen MR) is 46.5 cm³/mol. The summed E-state index contributed by atoms with van der Waals surface area (Å²) in [6.07, 6.45) is 0.322. The molecular formula is C8H15NO4. The van der Waals surface area contributed by atoms with Gasteiger partial charge in [-0.15, -0.1) is 0 Å². The number of methoxy groups -OCH3 is 1. The van der Waals surface area contributed by atoms with Gasteiger partial charge in [0.2, 0.25) is 0 Å². The average Bonchev–Trinajstić information content (AvgIpc) is 2.04. The number of hydrogen-bond acceptors (Lipinski definition) is 3. The molecule has 0 aromatic heterocycles. The van der Waals surface area contributed by atoms with Crippen LogP contribution in [0.4, 0.5) is 4.79 Å². The van der Waals surface area contributed by atoms with Crippen LogP contribution in [0.3, 0.4) is 0 Å². The van der Waals surface area contributed by atoms with Crippen LogP contribution in [0.15, 0.2) is 0 Å². The highest BCUT2D eigenvalue weighted by atomic mass is 16.5. The minimum absolute atomic E-state index is 0.372. The van der Waals surface area contributed by atoms with Crippen LogP contribution in [-0.2, 0) is 9.53 Å². The zero-order valence-corrected chi connectivity index (χ0v) is 8.09. The van der Waals surface area contributed by atoms with Crippen LogP contribution in [0.5, 0.6) is 0 Å². The molecule has 1 atom stereocenters.